The lowest BCUT2D eigenvalue weighted by Crippen LogP contribution is -2.14. The Bertz CT molecular complexity index is 546. The number of hydrogen-bond acceptors (Lipinski definition) is 5. The number of hydrogen-bond donors (Lipinski definition) is 0. The van der Waals surface area contributed by atoms with Crippen LogP contribution in [0.4, 0.5) is 5.95 Å². The molecular weight excluding hydrogens is 228 g/mol. The van der Waals surface area contributed by atoms with Gasteiger partial charge in [-0.2, -0.15) is 0 Å². The van der Waals surface area contributed by atoms with Crippen LogP contribution in [0.3, 0.4) is 0 Å². The minimum Gasteiger partial charge on any atom is -0.356 e. The van der Waals surface area contributed by atoms with E-state index in [1.807, 2.05) is 32.0 Å². The largest absolute Gasteiger partial charge is 0.356 e. The van der Waals surface area contributed by atoms with Gasteiger partial charge in [-0.25, -0.2) is 9.97 Å². The molecule has 0 saturated heterocycles. The number of aryl methyl sites for hydroxylation is 1. The molecule has 0 amide bonds. The summed E-state index contributed by atoms with van der Waals surface area (Å²) in [7, 11) is 3.86. The van der Waals surface area contributed by atoms with Crippen molar-refractivity contribution in [3.8, 4) is 11.3 Å². The van der Waals surface area contributed by atoms with Gasteiger partial charge in [0.2, 0.25) is 5.95 Å². The molecule has 0 radical (unpaired) electrons. The van der Waals surface area contributed by atoms with Crippen molar-refractivity contribution in [2.24, 2.45) is 0 Å². The Morgan fingerprint density at radius 3 is 2.50 bits per heavy atom. The fourth-order valence-corrected chi connectivity index (χ4v) is 1.72. The molecule has 2 aromatic rings. The van der Waals surface area contributed by atoms with E-state index in [1.165, 1.54) is 0 Å². The molecule has 0 saturated carbocycles. The van der Waals surface area contributed by atoms with Crippen molar-refractivity contribution in [3.63, 3.8) is 0 Å². The van der Waals surface area contributed by atoms with Crippen molar-refractivity contribution < 1.29 is 4.52 Å². The molecule has 0 bridgehead atoms. The van der Waals surface area contributed by atoms with Crippen LogP contribution in [0.1, 0.15) is 31.2 Å². The third kappa shape index (κ3) is 2.34. The molecule has 0 N–H and O–H groups in total. The van der Waals surface area contributed by atoms with E-state index in [0.29, 0.717) is 11.9 Å². The molecule has 0 spiro atoms. The molecule has 0 atom stereocenters. The van der Waals surface area contributed by atoms with Crippen molar-refractivity contribution in [3.05, 3.63) is 23.7 Å². The lowest BCUT2D eigenvalue weighted by molar-refractivity contribution is 0.426. The Hall–Kier alpha value is -1.91. The standard InChI is InChI=1S/C13H18N4O/c1-8(2)12-10(11-6-9(3)16-18-11)7-14-13(15-12)17(4)5/h6-8H,1-5H3. The van der Waals surface area contributed by atoms with Crippen LogP contribution >= 0.6 is 0 Å². The molecule has 0 aromatic carbocycles. The van der Waals surface area contributed by atoms with Gasteiger partial charge < -0.3 is 9.42 Å². The third-order valence-electron chi connectivity index (χ3n) is 2.65. The average Bonchev–Trinajstić information content (AvgIpc) is 2.74. The van der Waals surface area contributed by atoms with E-state index >= 15 is 0 Å². The molecule has 2 aromatic heterocycles. The fourth-order valence-electron chi connectivity index (χ4n) is 1.72. The molecule has 0 aliphatic heterocycles. The highest BCUT2D eigenvalue weighted by Gasteiger charge is 2.16. The number of anilines is 1. The summed E-state index contributed by atoms with van der Waals surface area (Å²) in [6.45, 7) is 6.11. The second-order valence-electron chi connectivity index (χ2n) is 4.85. The van der Waals surface area contributed by atoms with Gasteiger partial charge in [-0.1, -0.05) is 19.0 Å². The lowest BCUT2D eigenvalue weighted by atomic mass is 10.0. The quantitative estimate of drug-likeness (QED) is 0.833. The molecule has 18 heavy (non-hydrogen) atoms. The van der Waals surface area contributed by atoms with Crippen LogP contribution in [0.2, 0.25) is 0 Å². The van der Waals surface area contributed by atoms with Gasteiger partial charge in [-0.15, -0.1) is 0 Å². The predicted octanol–water partition coefficient (Wildman–Crippen LogP) is 2.63. The van der Waals surface area contributed by atoms with E-state index < -0.39 is 0 Å². The summed E-state index contributed by atoms with van der Waals surface area (Å²) in [6, 6.07) is 1.90. The molecule has 0 aliphatic carbocycles. The SMILES string of the molecule is Cc1cc(-c2cnc(N(C)C)nc2C(C)C)on1. The lowest BCUT2D eigenvalue weighted by Gasteiger charge is -2.14. The van der Waals surface area contributed by atoms with E-state index in [2.05, 4.69) is 29.0 Å². The summed E-state index contributed by atoms with van der Waals surface area (Å²) < 4.78 is 5.30. The Balaban J connectivity index is 2.53. The smallest absolute Gasteiger partial charge is 0.225 e. The molecule has 5 nitrogen and oxygen atoms in total. The van der Waals surface area contributed by atoms with Gasteiger partial charge in [0.15, 0.2) is 5.76 Å². The first-order valence-corrected chi connectivity index (χ1v) is 5.97. The first kappa shape index (κ1) is 12.5. The van der Waals surface area contributed by atoms with Crippen LogP contribution in [-0.4, -0.2) is 29.2 Å². The highest BCUT2D eigenvalue weighted by molar-refractivity contribution is 5.61. The third-order valence-corrected chi connectivity index (χ3v) is 2.65. The van der Waals surface area contributed by atoms with Crippen molar-refractivity contribution in [1.82, 2.24) is 15.1 Å². The second kappa shape index (κ2) is 4.76. The number of nitrogens with zero attached hydrogens (tertiary/aromatic N) is 4. The van der Waals surface area contributed by atoms with E-state index in [9.17, 15) is 0 Å². The minimum absolute atomic E-state index is 0.298. The first-order valence-electron chi connectivity index (χ1n) is 5.97. The van der Waals surface area contributed by atoms with Crippen LogP contribution < -0.4 is 4.90 Å². The molecule has 0 fully saturated rings. The highest BCUT2D eigenvalue weighted by Crippen LogP contribution is 2.28. The van der Waals surface area contributed by atoms with E-state index in [1.54, 1.807) is 6.20 Å². The zero-order valence-corrected chi connectivity index (χ0v) is 11.4. The van der Waals surface area contributed by atoms with E-state index in [-0.39, 0.29) is 0 Å². The zero-order chi connectivity index (χ0) is 13.3. The maximum absolute atomic E-state index is 5.30. The second-order valence-corrected chi connectivity index (χ2v) is 4.85. The Morgan fingerprint density at radius 1 is 1.28 bits per heavy atom. The highest BCUT2D eigenvalue weighted by atomic mass is 16.5. The van der Waals surface area contributed by atoms with Crippen LogP contribution in [0.25, 0.3) is 11.3 Å². The van der Waals surface area contributed by atoms with E-state index in [4.69, 9.17) is 4.52 Å². The van der Waals surface area contributed by atoms with Crippen LogP contribution in [0.5, 0.6) is 0 Å². The number of aromatic nitrogens is 3. The van der Waals surface area contributed by atoms with Crippen LogP contribution in [0, 0.1) is 6.92 Å². The fraction of sp³-hybridized carbons (Fsp3) is 0.462. The predicted molar refractivity (Wildman–Crippen MR) is 70.7 cm³/mol. The molecule has 2 heterocycles. The maximum atomic E-state index is 5.30. The molecular formula is C13H18N4O. The molecule has 0 unspecified atom stereocenters. The number of rotatable bonds is 3. The maximum Gasteiger partial charge on any atom is 0.225 e. The summed E-state index contributed by atoms with van der Waals surface area (Å²) >= 11 is 0. The van der Waals surface area contributed by atoms with Crippen LogP contribution in [-0.2, 0) is 0 Å². The van der Waals surface area contributed by atoms with Crippen molar-refractivity contribution in [2.45, 2.75) is 26.7 Å². The minimum atomic E-state index is 0.298. The van der Waals surface area contributed by atoms with Gasteiger partial charge in [-0.3, -0.25) is 0 Å². The molecule has 96 valence electrons. The molecule has 0 aliphatic rings. The van der Waals surface area contributed by atoms with Crippen molar-refractivity contribution in [2.75, 3.05) is 19.0 Å². The molecule has 5 heteroatoms. The van der Waals surface area contributed by atoms with Crippen LogP contribution in [0.15, 0.2) is 16.8 Å². The summed E-state index contributed by atoms with van der Waals surface area (Å²) in [5, 5.41) is 3.91. The Labute approximate surface area is 107 Å². The summed E-state index contributed by atoms with van der Waals surface area (Å²) in [5.74, 6) is 1.73. The normalized spacial score (nSPS) is 11.0. The zero-order valence-electron chi connectivity index (χ0n) is 11.4. The van der Waals surface area contributed by atoms with Gasteiger partial charge >= 0.3 is 0 Å². The van der Waals surface area contributed by atoms with Gasteiger partial charge in [0.05, 0.1) is 17.0 Å². The summed E-state index contributed by atoms with van der Waals surface area (Å²) in [5.41, 5.74) is 2.75. The first-order chi connectivity index (χ1) is 8.49. The van der Waals surface area contributed by atoms with Gasteiger partial charge in [-0.05, 0) is 12.8 Å². The monoisotopic (exact) mass is 246 g/mol. The Kier molecular flexibility index (Phi) is 3.32. The van der Waals surface area contributed by atoms with Gasteiger partial charge in [0, 0.05) is 26.4 Å². The summed E-state index contributed by atoms with van der Waals surface area (Å²) in [4.78, 5) is 10.8. The topological polar surface area (TPSA) is 55.1 Å². The van der Waals surface area contributed by atoms with Crippen molar-refractivity contribution >= 4 is 5.95 Å². The summed E-state index contributed by atoms with van der Waals surface area (Å²) in [6.07, 6.45) is 1.80. The molecule has 2 rings (SSSR count). The van der Waals surface area contributed by atoms with Gasteiger partial charge in [0.25, 0.3) is 0 Å². The average molecular weight is 246 g/mol. The van der Waals surface area contributed by atoms with Gasteiger partial charge in [0.1, 0.15) is 0 Å². The van der Waals surface area contributed by atoms with Crippen molar-refractivity contribution in [1.29, 1.82) is 0 Å². The van der Waals surface area contributed by atoms with E-state index in [0.717, 1.165) is 22.7 Å². The Morgan fingerprint density at radius 2 is 2.00 bits per heavy atom.